The molecule has 0 aliphatic heterocycles. The molecule has 0 aliphatic rings. The standard InChI is InChI=1S/C15H12N2OS/c16-14(18)13(10-6-2-1-3-7-10)15-17-11-8-4-5-9-12(11)19-15/h1-9,13H,(H2,16,18). The molecular formula is C15H12N2OS. The lowest BCUT2D eigenvalue weighted by molar-refractivity contribution is -0.118. The number of fused-ring (bicyclic) bond motifs is 1. The molecule has 4 heteroatoms. The van der Waals surface area contributed by atoms with Crippen molar-refractivity contribution in [2.24, 2.45) is 5.73 Å². The lowest BCUT2D eigenvalue weighted by Gasteiger charge is -2.10. The van der Waals surface area contributed by atoms with Crippen molar-refractivity contribution >= 4 is 27.5 Å². The Bertz CT molecular complexity index is 688. The quantitative estimate of drug-likeness (QED) is 0.794. The lowest BCUT2D eigenvalue weighted by atomic mass is 9.99. The van der Waals surface area contributed by atoms with Gasteiger partial charge in [-0.25, -0.2) is 4.98 Å². The molecule has 0 bridgehead atoms. The van der Waals surface area contributed by atoms with Crippen LogP contribution in [0.1, 0.15) is 16.5 Å². The van der Waals surface area contributed by atoms with Crippen LogP contribution in [0.25, 0.3) is 10.2 Å². The number of carbonyl (C=O) groups is 1. The molecule has 1 aromatic heterocycles. The third kappa shape index (κ3) is 2.22. The van der Waals surface area contributed by atoms with Gasteiger partial charge in [0.05, 0.1) is 10.2 Å². The average Bonchev–Trinajstić information content (AvgIpc) is 2.82. The number of thiazole rings is 1. The summed E-state index contributed by atoms with van der Waals surface area (Å²) in [5.74, 6) is -0.844. The average molecular weight is 268 g/mol. The Labute approximate surface area is 114 Å². The maximum atomic E-state index is 11.8. The fraction of sp³-hybridized carbons (Fsp3) is 0.0667. The van der Waals surface area contributed by atoms with E-state index in [4.69, 9.17) is 5.73 Å². The Balaban J connectivity index is 2.12. The molecule has 3 aromatic rings. The number of rotatable bonds is 3. The summed E-state index contributed by atoms with van der Waals surface area (Å²) in [6, 6.07) is 17.4. The molecule has 0 saturated heterocycles. The van der Waals surface area contributed by atoms with Crippen molar-refractivity contribution in [3.05, 3.63) is 65.2 Å². The fourth-order valence-electron chi connectivity index (χ4n) is 2.09. The second kappa shape index (κ2) is 4.82. The van der Waals surface area contributed by atoms with Crippen LogP contribution >= 0.6 is 11.3 Å². The van der Waals surface area contributed by atoms with Crippen LogP contribution in [0.2, 0.25) is 0 Å². The van der Waals surface area contributed by atoms with E-state index in [0.29, 0.717) is 0 Å². The van der Waals surface area contributed by atoms with Crippen LogP contribution in [-0.2, 0) is 4.79 Å². The first-order valence-corrected chi connectivity index (χ1v) is 6.77. The highest BCUT2D eigenvalue weighted by molar-refractivity contribution is 7.18. The summed E-state index contributed by atoms with van der Waals surface area (Å²) >= 11 is 1.52. The van der Waals surface area contributed by atoms with Crippen LogP contribution in [0, 0.1) is 0 Å². The summed E-state index contributed by atoms with van der Waals surface area (Å²) < 4.78 is 1.07. The van der Waals surface area contributed by atoms with E-state index in [2.05, 4.69) is 4.98 Å². The molecule has 19 heavy (non-hydrogen) atoms. The molecule has 3 nitrogen and oxygen atoms in total. The Morgan fingerprint density at radius 3 is 2.42 bits per heavy atom. The van der Waals surface area contributed by atoms with Crippen LogP contribution in [0.15, 0.2) is 54.6 Å². The number of aromatic nitrogens is 1. The lowest BCUT2D eigenvalue weighted by Crippen LogP contribution is -2.22. The molecule has 1 atom stereocenters. The number of primary amides is 1. The van der Waals surface area contributed by atoms with Crippen LogP contribution in [0.3, 0.4) is 0 Å². The van der Waals surface area contributed by atoms with Crippen LogP contribution in [0.4, 0.5) is 0 Å². The van der Waals surface area contributed by atoms with Gasteiger partial charge in [-0.1, -0.05) is 42.5 Å². The minimum Gasteiger partial charge on any atom is -0.369 e. The van der Waals surface area contributed by atoms with Gasteiger partial charge in [0.2, 0.25) is 5.91 Å². The van der Waals surface area contributed by atoms with Gasteiger partial charge in [-0.3, -0.25) is 4.79 Å². The van der Waals surface area contributed by atoms with Crippen LogP contribution in [0.5, 0.6) is 0 Å². The minimum atomic E-state index is -0.474. The van der Waals surface area contributed by atoms with Crippen LogP contribution in [-0.4, -0.2) is 10.9 Å². The first-order chi connectivity index (χ1) is 9.25. The zero-order valence-corrected chi connectivity index (χ0v) is 10.9. The van der Waals surface area contributed by atoms with E-state index in [1.807, 2.05) is 54.6 Å². The summed E-state index contributed by atoms with van der Waals surface area (Å²) in [5, 5.41) is 0.750. The predicted octanol–water partition coefficient (Wildman–Crippen LogP) is 2.91. The van der Waals surface area contributed by atoms with Gasteiger partial charge >= 0.3 is 0 Å². The third-order valence-corrected chi connectivity index (χ3v) is 4.08. The van der Waals surface area contributed by atoms with E-state index in [0.717, 1.165) is 20.8 Å². The number of nitrogens with two attached hydrogens (primary N) is 1. The van der Waals surface area contributed by atoms with E-state index in [1.54, 1.807) is 0 Å². The number of amides is 1. The summed E-state index contributed by atoms with van der Waals surface area (Å²) in [6.45, 7) is 0. The normalized spacial score (nSPS) is 12.4. The predicted molar refractivity (Wildman–Crippen MR) is 77.1 cm³/mol. The number of carbonyl (C=O) groups excluding carboxylic acids is 1. The van der Waals surface area contributed by atoms with Crippen molar-refractivity contribution in [1.29, 1.82) is 0 Å². The maximum absolute atomic E-state index is 11.8. The molecule has 0 fully saturated rings. The Morgan fingerprint density at radius 1 is 1.05 bits per heavy atom. The molecule has 1 amide bonds. The molecular weight excluding hydrogens is 256 g/mol. The highest BCUT2D eigenvalue weighted by atomic mass is 32.1. The van der Waals surface area contributed by atoms with Gasteiger partial charge in [0.25, 0.3) is 0 Å². The fourth-order valence-corrected chi connectivity index (χ4v) is 3.19. The van der Waals surface area contributed by atoms with Gasteiger partial charge in [-0.2, -0.15) is 0 Å². The largest absolute Gasteiger partial charge is 0.369 e. The van der Waals surface area contributed by atoms with E-state index in [9.17, 15) is 4.79 Å². The van der Waals surface area contributed by atoms with Crippen molar-refractivity contribution < 1.29 is 4.79 Å². The Hall–Kier alpha value is -2.20. The number of benzene rings is 2. The van der Waals surface area contributed by atoms with Gasteiger partial charge in [0.15, 0.2) is 0 Å². The topological polar surface area (TPSA) is 56.0 Å². The van der Waals surface area contributed by atoms with E-state index in [-0.39, 0.29) is 5.91 Å². The Kier molecular flexibility index (Phi) is 3.01. The first kappa shape index (κ1) is 11.9. The number of hydrogen-bond donors (Lipinski definition) is 1. The van der Waals surface area contributed by atoms with Crippen LogP contribution < -0.4 is 5.73 Å². The van der Waals surface area contributed by atoms with Crippen molar-refractivity contribution in [2.45, 2.75) is 5.92 Å². The number of hydrogen-bond acceptors (Lipinski definition) is 3. The molecule has 3 rings (SSSR count). The van der Waals surface area contributed by atoms with Crippen molar-refractivity contribution in [3.63, 3.8) is 0 Å². The van der Waals surface area contributed by atoms with E-state index in [1.165, 1.54) is 11.3 Å². The van der Waals surface area contributed by atoms with Crippen molar-refractivity contribution in [3.8, 4) is 0 Å². The third-order valence-electron chi connectivity index (χ3n) is 2.97. The maximum Gasteiger partial charge on any atom is 0.231 e. The SMILES string of the molecule is NC(=O)C(c1ccccc1)c1nc2ccccc2s1. The zero-order chi connectivity index (χ0) is 13.2. The van der Waals surface area contributed by atoms with E-state index >= 15 is 0 Å². The first-order valence-electron chi connectivity index (χ1n) is 5.95. The highest BCUT2D eigenvalue weighted by Gasteiger charge is 2.23. The van der Waals surface area contributed by atoms with Gasteiger partial charge in [0, 0.05) is 0 Å². The van der Waals surface area contributed by atoms with Crippen molar-refractivity contribution in [2.75, 3.05) is 0 Å². The highest BCUT2D eigenvalue weighted by Crippen LogP contribution is 2.31. The summed E-state index contributed by atoms with van der Waals surface area (Å²) in [7, 11) is 0. The van der Waals surface area contributed by atoms with Gasteiger partial charge in [0.1, 0.15) is 10.9 Å². The Morgan fingerprint density at radius 2 is 1.74 bits per heavy atom. The second-order valence-corrected chi connectivity index (χ2v) is 5.33. The van der Waals surface area contributed by atoms with Gasteiger partial charge in [-0.05, 0) is 17.7 Å². The molecule has 0 radical (unpaired) electrons. The molecule has 0 spiro atoms. The van der Waals surface area contributed by atoms with Gasteiger partial charge < -0.3 is 5.73 Å². The molecule has 94 valence electrons. The van der Waals surface area contributed by atoms with Gasteiger partial charge in [-0.15, -0.1) is 11.3 Å². The summed E-state index contributed by atoms with van der Waals surface area (Å²) in [6.07, 6.45) is 0. The number of para-hydroxylation sites is 1. The monoisotopic (exact) mass is 268 g/mol. The summed E-state index contributed by atoms with van der Waals surface area (Å²) in [5.41, 5.74) is 7.34. The molecule has 2 N–H and O–H groups in total. The molecule has 2 aromatic carbocycles. The molecule has 0 aliphatic carbocycles. The number of nitrogens with zero attached hydrogens (tertiary/aromatic N) is 1. The minimum absolute atomic E-state index is 0.370. The summed E-state index contributed by atoms with van der Waals surface area (Å²) in [4.78, 5) is 16.3. The molecule has 0 saturated carbocycles. The van der Waals surface area contributed by atoms with E-state index < -0.39 is 5.92 Å². The molecule has 1 unspecified atom stereocenters. The van der Waals surface area contributed by atoms with Crippen molar-refractivity contribution in [1.82, 2.24) is 4.98 Å². The molecule has 1 heterocycles. The zero-order valence-electron chi connectivity index (χ0n) is 10.1. The smallest absolute Gasteiger partial charge is 0.231 e. The second-order valence-electron chi connectivity index (χ2n) is 4.27.